The molecule has 0 saturated heterocycles. The number of anilines is 1. The number of hydrogen-bond acceptors (Lipinski definition) is 4. The predicted octanol–water partition coefficient (Wildman–Crippen LogP) is 3.77. The van der Waals surface area contributed by atoms with Gasteiger partial charge in [-0.2, -0.15) is 8.42 Å². The molecule has 2 amide bonds. The fourth-order valence-electron chi connectivity index (χ4n) is 2.26. The van der Waals surface area contributed by atoms with Crippen LogP contribution in [0.25, 0.3) is 0 Å². The fourth-order valence-corrected chi connectivity index (χ4v) is 3.27. The number of hydrogen-bond donors (Lipinski definition) is 2. The van der Waals surface area contributed by atoms with E-state index in [1.165, 1.54) is 24.3 Å². The highest BCUT2D eigenvalue weighted by molar-refractivity contribution is 7.87. The second-order valence-corrected chi connectivity index (χ2v) is 7.45. The number of benzene rings is 2. The van der Waals surface area contributed by atoms with Crippen LogP contribution in [0.4, 0.5) is 10.5 Å². The van der Waals surface area contributed by atoms with Gasteiger partial charge in [0.1, 0.15) is 10.6 Å². The maximum absolute atomic E-state index is 12.4. The number of rotatable bonds is 8. The Labute approximate surface area is 158 Å². The molecule has 0 heterocycles. The van der Waals surface area contributed by atoms with E-state index in [-0.39, 0.29) is 10.6 Å². The molecule has 26 heavy (non-hydrogen) atoms. The van der Waals surface area contributed by atoms with Crippen LogP contribution in [0.1, 0.15) is 18.9 Å². The summed E-state index contributed by atoms with van der Waals surface area (Å²) in [5, 5.41) is 5.13. The van der Waals surface area contributed by atoms with E-state index >= 15 is 0 Å². The van der Waals surface area contributed by atoms with Crippen molar-refractivity contribution in [1.82, 2.24) is 5.32 Å². The first-order valence-electron chi connectivity index (χ1n) is 8.19. The standard InChI is InChI=1S/C18H21ClN2O4S/c1-2-4-14-5-3-6-16(13-14)25-26(23,24)17-9-7-15(8-10-17)21-18(22)20-12-11-19/h3,5-10,13H,2,4,11-12H2,1H3,(H2,20,21,22). The molecule has 0 saturated carbocycles. The van der Waals surface area contributed by atoms with Crippen LogP contribution in [-0.2, 0) is 16.5 Å². The van der Waals surface area contributed by atoms with Crippen LogP contribution in [0, 0.1) is 0 Å². The molecule has 2 N–H and O–H groups in total. The fraction of sp³-hybridized carbons (Fsp3) is 0.278. The SMILES string of the molecule is CCCc1cccc(OS(=O)(=O)c2ccc(NC(=O)NCCCl)cc2)c1. The van der Waals surface area contributed by atoms with Gasteiger partial charge in [0.15, 0.2) is 0 Å². The number of alkyl halides is 1. The van der Waals surface area contributed by atoms with Crippen molar-refractivity contribution in [2.75, 3.05) is 17.7 Å². The van der Waals surface area contributed by atoms with Crippen LogP contribution in [-0.4, -0.2) is 26.9 Å². The summed E-state index contributed by atoms with van der Waals surface area (Å²) in [4.78, 5) is 11.6. The molecule has 0 fully saturated rings. The minimum absolute atomic E-state index is 0.00473. The maximum Gasteiger partial charge on any atom is 0.339 e. The van der Waals surface area contributed by atoms with Gasteiger partial charge < -0.3 is 14.8 Å². The third-order valence-corrected chi connectivity index (χ3v) is 4.87. The number of urea groups is 1. The monoisotopic (exact) mass is 396 g/mol. The normalized spacial score (nSPS) is 11.0. The van der Waals surface area contributed by atoms with Crippen molar-refractivity contribution in [2.45, 2.75) is 24.7 Å². The lowest BCUT2D eigenvalue weighted by atomic mass is 10.1. The Bertz CT molecular complexity index is 839. The van der Waals surface area contributed by atoms with Gasteiger partial charge in [-0.05, 0) is 48.4 Å². The first kappa shape index (κ1) is 20.1. The first-order chi connectivity index (χ1) is 12.4. The van der Waals surface area contributed by atoms with Gasteiger partial charge in [-0.15, -0.1) is 11.6 Å². The summed E-state index contributed by atoms with van der Waals surface area (Å²) >= 11 is 5.49. The van der Waals surface area contributed by atoms with Crippen LogP contribution in [0.3, 0.4) is 0 Å². The molecule has 8 heteroatoms. The maximum atomic E-state index is 12.4. The molecule has 140 valence electrons. The minimum Gasteiger partial charge on any atom is -0.379 e. The summed E-state index contributed by atoms with van der Waals surface area (Å²) in [7, 11) is -3.95. The van der Waals surface area contributed by atoms with Crippen molar-refractivity contribution in [3.05, 3.63) is 54.1 Å². The smallest absolute Gasteiger partial charge is 0.339 e. The van der Waals surface area contributed by atoms with Gasteiger partial charge >= 0.3 is 16.1 Å². The van der Waals surface area contributed by atoms with Gasteiger partial charge in [0.05, 0.1) is 0 Å². The molecule has 0 bridgehead atoms. The van der Waals surface area contributed by atoms with Crippen LogP contribution >= 0.6 is 11.6 Å². The van der Waals surface area contributed by atoms with E-state index < -0.39 is 16.1 Å². The summed E-state index contributed by atoms with van der Waals surface area (Å²) in [6.07, 6.45) is 1.81. The summed E-state index contributed by atoms with van der Waals surface area (Å²) in [6, 6.07) is 12.3. The van der Waals surface area contributed by atoms with E-state index in [0.717, 1.165) is 18.4 Å². The molecule has 0 aromatic heterocycles. The zero-order valence-corrected chi connectivity index (χ0v) is 15.9. The average Bonchev–Trinajstić information content (AvgIpc) is 2.60. The Hall–Kier alpha value is -2.25. The Morgan fingerprint density at radius 3 is 2.54 bits per heavy atom. The lowest BCUT2D eigenvalue weighted by Gasteiger charge is -2.10. The van der Waals surface area contributed by atoms with Crippen molar-refractivity contribution < 1.29 is 17.4 Å². The summed E-state index contributed by atoms with van der Waals surface area (Å²) in [5.74, 6) is 0.583. The number of carbonyl (C=O) groups is 1. The van der Waals surface area contributed by atoms with Crippen LogP contribution in [0.15, 0.2) is 53.4 Å². The third-order valence-electron chi connectivity index (χ3n) is 3.42. The summed E-state index contributed by atoms with van der Waals surface area (Å²) in [6.45, 7) is 2.39. The van der Waals surface area contributed by atoms with E-state index in [0.29, 0.717) is 18.1 Å². The molecule has 0 spiro atoms. The van der Waals surface area contributed by atoms with Gasteiger partial charge in [-0.1, -0.05) is 25.5 Å². The van der Waals surface area contributed by atoms with E-state index in [4.69, 9.17) is 15.8 Å². The Balaban J connectivity index is 2.07. The Morgan fingerprint density at radius 2 is 1.88 bits per heavy atom. The lowest BCUT2D eigenvalue weighted by molar-refractivity contribution is 0.252. The van der Waals surface area contributed by atoms with E-state index in [9.17, 15) is 13.2 Å². The number of nitrogens with one attached hydrogen (secondary N) is 2. The first-order valence-corrected chi connectivity index (χ1v) is 10.1. The molecule has 0 unspecified atom stereocenters. The zero-order chi connectivity index (χ0) is 19.0. The molecule has 2 rings (SSSR count). The topological polar surface area (TPSA) is 84.5 Å². The third kappa shape index (κ3) is 5.93. The second kappa shape index (κ2) is 9.45. The van der Waals surface area contributed by atoms with Crippen molar-refractivity contribution >= 4 is 33.4 Å². The van der Waals surface area contributed by atoms with Crippen molar-refractivity contribution in [1.29, 1.82) is 0 Å². The molecule has 0 aliphatic rings. The number of amides is 2. The molecular weight excluding hydrogens is 376 g/mol. The quantitative estimate of drug-likeness (QED) is 0.525. The highest BCUT2D eigenvalue weighted by Gasteiger charge is 2.17. The van der Waals surface area contributed by atoms with Gasteiger partial charge in [0, 0.05) is 18.1 Å². The van der Waals surface area contributed by atoms with Gasteiger partial charge in [-0.25, -0.2) is 4.79 Å². The summed E-state index contributed by atoms with van der Waals surface area (Å²) in [5.41, 5.74) is 1.48. The lowest BCUT2D eigenvalue weighted by Crippen LogP contribution is -2.30. The van der Waals surface area contributed by atoms with Gasteiger partial charge in [0.2, 0.25) is 0 Å². The largest absolute Gasteiger partial charge is 0.379 e. The van der Waals surface area contributed by atoms with Crippen molar-refractivity contribution in [2.24, 2.45) is 0 Å². The molecular formula is C18H21ClN2O4S. The zero-order valence-electron chi connectivity index (χ0n) is 14.4. The van der Waals surface area contributed by atoms with E-state index in [1.54, 1.807) is 18.2 Å². The molecule has 0 aliphatic carbocycles. The van der Waals surface area contributed by atoms with E-state index in [1.807, 2.05) is 6.07 Å². The second-order valence-electron chi connectivity index (χ2n) is 5.53. The summed E-state index contributed by atoms with van der Waals surface area (Å²) < 4.78 is 30.0. The highest BCUT2D eigenvalue weighted by Crippen LogP contribution is 2.21. The van der Waals surface area contributed by atoms with Crippen LogP contribution < -0.4 is 14.8 Å². The van der Waals surface area contributed by atoms with Crippen LogP contribution in [0.2, 0.25) is 0 Å². The van der Waals surface area contributed by atoms with Crippen molar-refractivity contribution in [3.63, 3.8) is 0 Å². The Kier molecular flexibility index (Phi) is 7.29. The predicted molar refractivity (Wildman–Crippen MR) is 102 cm³/mol. The molecule has 2 aromatic carbocycles. The highest BCUT2D eigenvalue weighted by atomic mass is 35.5. The molecule has 0 radical (unpaired) electrons. The van der Waals surface area contributed by atoms with Gasteiger partial charge in [-0.3, -0.25) is 0 Å². The van der Waals surface area contributed by atoms with Gasteiger partial charge in [0.25, 0.3) is 0 Å². The number of carbonyl (C=O) groups excluding carboxylic acids is 1. The number of halogens is 1. The van der Waals surface area contributed by atoms with Crippen LogP contribution in [0.5, 0.6) is 5.75 Å². The van der Waals surface area contributed by atoms with Crippen molar-refractivity contribution in [3.8, 4) is 5.75 Å². The average molecular weight is 397 g/mol. The molecule has 0 atom stereocenters. The molecule has 2 aromatic rings. The number of aryl methyl sites for hydroxylation is 1. The molecule has 0 aliphatic heterocycles. The minimum atomic E-state index is -3.95. The Morgan fingerprint density at radius 1 is 1.15 bits per heavy atom. The van der Waals surface area contributed by atoms with E-state index in [2.05, 4.69) is 17.6 Å². The molecule has 6 nitrogen and oxygen atoms in total.